The second-order valence-electron chi connectivity index (χ2n) is 4.61. The fourth-order valence-electron chi connectivity index (χ4n) is 1.59. The van der Waals surface area contributed by atoms with Gasteiger partial charge in [-0.05, 0) is 56.1 Å². The Labute approximate surface area is 163 Å². The van der Waals surface area contributed by atoms with E-state index in [0.29, 0.717) is 0 Å². The van der Waals surface area contributed by atoms with Gasteiger partial charge in [0, 0.05) is 35.9 Å². The van der Waals surface area contributed by atoms with Crippen molar-refractivity contribution in [1.82, 2.24) is 9.97 Å². The Morgan fingerprint density at radius 3 is 1.12 bits per heavy atom. The summed E-state index contributed by atoms with van der Waals surface area (Å²) in [5, 5.41) is 0. The highest BCUT2D eigenvalue weighted by Crippen LogP contribution is 2.30. The van der Waals surface area contributed by atoms with Gasteiger partial charge in [0.2, 0.25) is 0 Å². The maximum atomic E-state index is 12.6. The molecule has 0 spiro atoms. The number of rotatable bonds is 0. The lowest BCUT2D eigenvalue weighted by Gasteiger charge is -2.02. The third kappa shape index (κ3) is 5.13. The molecule has 0 aliphatic carbocycles. The molecule has 3 rings (SSSR count). The average molecular weight is 488 g/mol. The minimum atomic E-state index is -1.46. The first-order chi connectivity index (χ1) is 12.4. The van der Waals surface area contributed by atoms with Gasteiger partial charge < -0.3 is 0 Å². The van der Waals surface area contributed by atoms with Crippen molar-refractivity contribution in [2.24, 2.45) is 0 Å². The normalized spacial score (nSPS) is 9.62. The van der Waals surface area contributed by atoms with Crippen molar-refractivity contribution in [1.29, 1.82) is 0 Å². The molecule has 132 valence electrons. The molecule has 2 heterocycles. The summed E-state index contributed by atoms with van der Waals surface area (Å²) in [6.45, 7) is 0. The van der Waals surface area contributed by atoms with E-state index in [9.17, 15) is 17.6 Å². The van der Waals surface area contributed by atoms with E-state index in [0.717, 1.165) is 11.1 Å². The van der Waals surface area contributed by atoms with Crippen LogP contribution >= 0.6 is 31.9 Å². The summed E-state index contributed by atoms with van der Waals surface area (Å²) in [4.78, 5) is 7.85. The predicted molar refractivity (Wildman–Crippen MR) is 96.1 cm³/mol. The molecule has 3 aromatic rings. The van der Waals surface area contributed by atoms with Crippen LogP contribution in [0.25, 0.3) is 0 Å². The highest BCUT2D eigenvalue weighted by molar-refractivity contribution is 9.11. The summed E-state index contributed by atoms with van der Waals surface area (Å²) < 4.78 is 48.6. The van der Waals surface area contributed by atoms with Crippen LogP contribution in [0.2, 0.25) is 0 Å². The lowest BCUT2D eigenvalue weighted by atomic mass is 10.2. The van der Waals surface area contributed by atoms with E-state index in [-0.39, 0.29) is 0 Å². The first-order valence-electron chi connectivity index (χ1n) is 6.90. The Kier molecular flexibility index (Phi) is 7.30. The lowest BCUT2D eigenvalue weighted by Crippen LogP contribution is -1.97. The first kappa shape index (κ1) is 20.1. The summed E-state index contributed by atoms with van der Waals surface area (Å²) in [5.41, 5.74) is 1.94. The van der Waals surface area contributed by atoms with Gasteiger partial charge in [0.15, 0.2) is 23.3 Å². The van der Waals surface area contributed by atoms with Gasteiger partial charge in [0.1, 0.15) is 0 Å². The summed E-state index contributed by atoms with van der Waals surface area (Å²) >= 11 is 4.73. The third-order valence-corrected chi connectivity index (χ3v) is 4.26. The van der Waals surface area contributed by atoms with Crippen LogP contribution in [-0.2, 0) is 0 Å². The lowest BCUT2D eigenvalue weighted by molar-refractivity contribution is 0.439. The molecule has 0 fully saturated rings. The van der Waals surface area contributed by atoms with Gasteiger partial charge in [0.05, 0.1) is 8.95 Å². The molecule has 0 aliphatic heterocycles. The van der Waals surface area contributed by atoms with Gasteiger partial charge in [-0.3, -0.25) is 9.97 Å². The van der Waals surface area contributed by atoms with Crippen molar-refractivity contribution in [3.63, 3.8) is 0 Å². The molecule has 0 bridgehead atoms. The second kappa shape index (κ2) is 9.46. The Morgan fingerprint density at radius 2 is 0.846 bits per heavy atom. The Bertz CT molecular complexity index is 807. The molecule has 0 unspecified atom stereocenters. The summed E-state index contributed by atoms with van der Waals surface area (Å²) in [6, 6.07) is 7.53. The molecule has 0 saturated heterocycles. The summed E-state index contributed by atoms with van der Waals surface area (Å²) in [6.07, 6.45) is 6.93. The van der Waals surface area contributed by atoms with Crippen LogP contribution in [0.3, 0.4) is 0 Å². The Morgan fingerprint density at radius 1 is 0.577 bits per heavy atom. The number of hydrogen-bond acceptors (Lipinski definition) is 2. The van der Waals surface area contributed by atoms with E-state index in [4.69, 9.17) is 0 Å². The molecule has 0 saturated carbocycles. The van der Waals surface area contributed by atoms with Gasteiger partial charge in [-0.2, -0.15) is 0 Å². The zero-order valence-corrected chi connectivity index (χ0v) is 16.0. The quantitative estimate of drug-likeness (QED) is 0.177. The van der Waals surface area contributed by atoms with E-state index in [2.05, 4.69) is 53.7 Å². The van der Waals surface area contributed by atoms with Gasteiger partial charge in [-0.25, -0.2) is 17.6 Å². The SMILES string of the molecule is C(#Cc1ccncc1)c1ccncc1.Fc1c(F)c(Br)c(F)c(F)c1Br. The molecule has 0 radical (unpaired) electrons. The molecule has 2 nitrogen and oxygen atoms in total. The van der Waals surface area contributed by atoms with Gasteiger partial charge in [-0.15, -0.1) is 0 Å². The van der Waals surface area contributed by atoms with Crippen LogP contribution in [0.4, 0.5) is 17.6 Å². The van der Waals surface area contributed by atoms with Gasteiger partial charge in [0.25, 0.3) is 0 Å². The molecule has 0 amide bonds. The molecule has 0 atom stereocenters. The average Bonchev–Trinajstić information content (AvgIpc) is 2.70. The van der Waals surface area contributed by atoms with Crippen molar-refractivity contribution in [3.05, 3.63) is 92.4 Å². The van der Waals surface area contributed by atoms with E-state index >= 15 is 0 Å². The Hall–Kier alpha value is -2.24. The highest BCUT2D eigenvalue weighted by Gasteiger charge is 2.21. The maximum absolute atomic E-state index is 12.6. The number of pyridine rings is 2. The van der Waals surface area contributed by atoms with Crippen molar-refractivity contribution in [2.75, 3.05) is 0 Å². The monoisotopic (exact) mass is 486 g/mol. The molecule has 0 N–H and O–H groups in total. The van der Waals surface area contributed by atoms with E-state index in [1.54, 1.807) is 24.8 Å². The smallest absolute Gasteiger partial charge is 0.177 e. The van der Waals surface area contributed by atoms with E-state index in [1.165, 1.54) is 0 Å². The number of hydrogen-bond donors (Lipinski definition) is 0. The number of aromatic nitrogens is 2. The minimum Gasteiger partial charge on any atom is -0.265 e. The van der Waals surface area contributed by atoms with Crippen molar-refractivity contribution < 1.29 is 17.6 Å². The van der Waals surface area contributed by atoms with Crippen LogP contribution in [0.15, 0.2) is 58.0 Å². The molecule has 8 heteroatoms. The fourth-order valence-corrected chi connectivity index (χ4v) is 2.29. The van der Waals surface area contributed by atoms with E-state index < -0.39 is 32.2 Å². The molecule has 2 aromatic heterocycles. The topological polar surface area (TPSA) is 25.8 Å². The van der Waals surface area contributed by atoms with Gasteiger partial charge >= 0.3 is 0 Å². The van der Waals surface area contributed by atoms with Crippen molar-refractivity contribution in [3.8, 4) is 11.8 Å². The predicted octanol–water partition coefficient (Wildman–Crippen LogP) is 5.64. The highest BCUT2D eigenvalue weighted by atomic mass is 79.9. The largest absolute Gasteiger partial charge is 0.265 e. The summed E-state index contributed by atoms with van der Waals surface area (Å²) in [7, 11) is 0. The standard InChI is InChI=1S/C12H8N2.C6Br2F4/c1(11-3-7-13-8-4-11)2-12-5-9-14-10-6-12;7-1-3(9)5(11)2(8)6(12)4(1)10/h3-10H;. The molecule has 0 aliphatic rings. The first-order valence-corrected chi connectivity index (χ1v) is 8.49. The second-order valence-corrected chi connectivity index (χ2v) is 6.19. The van der Waals surface area contributed by atoms with Crippen LogP contribution in [0, 0.1) is 35.1 Å². The van der Waals surface area contributed by atoms with Crippen molar-refractivity contribution in [2.45, 2.75) is 0 Å². The van der Waals surface area contributed by atoms with E-state index in [1.807, 2.05) is 24.3 Å². The van der Waals surface area contributed by atoms with Crippen molar-refractivity contribution >= 4 is 31.9 Å². The van der Waals surface area contributed by atoms with Crippen LogP contribution in [0.1, 0.15) is 11.1 Å². The summed E-state index contributed by atoms with van der Waals surface area (Å²) in [5.74, 6) is 0.256. The minimum absolute atomic E-state index is 0.847. The molecule has 26 heavy (non-hydrogen) atoms. The van der Waals surface area contributed by atoms with Crippen LogP contribution < -0.4 is 0 Å². The molecular formula is C18H8Br2F4N2. The molecular weight excluding hydrogens is 480 g/mol. The third-order valence-electron chi connectivity index (χ3n) is 2.87. The zero-order chi connectivity index (χ0) is 19.1. The molecule has 1 aromatic carbocycles. The Balaban J connectivity index is 0.000000190. The van der Waals surface area contributed by atoms with Crippen LogP contribution in [-0.4, -0.2) is 9.97 Å². The fraction of sp³-hybridized carbons (Fsp3) is 0. The number of halogens is 6. The number of benzene rings is 1. The maximum Gasteiger partial charge on any atom is 0.177 e. The van der Waals surface area contributed by atoms with Gasteiger partial charge in [-0.1, -0.05) is 11.8 Å². The van der Waals surface area contributed by atoms with Crippen LogP contribution in [0.5, 0.6) is 0 Å². The zero-order valence-electron chi connectivity index (χ0n) is 12.8. The number of nitrogens with zero attached hydrogens (tertiary/aromatic N) is 2.